The molecule has 75 valence electrons. The van der Waals surface area contributed by atoms with E-state index in [1.54, 1.807) is 24.3 Å². The highest BCUT2D eigenvalue weighted by atomic mass is 27.0. The molecule has 0 atom stereocenters. The molecule has 2 aromatic rings. The van der Waals surface area contributed by atoms with Gasteiger partial charge in [0, 0.05) is 17.4 Å². The third-order valence-electron chi connectivity index (χ3n) is 2.21. The van der Waals surface area contributed by atoms with E-state index in [1.165, 1.54) is 0 Å². The van der Waals surface area contributed by atoms with Gasteiger partial charge >= 0.3 is 0 Å². The van der Waals surface area contributed by atoms with Gasteiger partial charge in [0.2, 0.25) is 0 Å². The molecule has 3 heteroatoms. The van der Waals surface area contributed by atoms with E-state index in [9.17, 15) is 0 Å². The van der Waals surface area contributed by atoms with Gasteiger partial charge in [-0.2, -0.15) is 5.26 Å². The van der Waals surface area contributed by atoms with Crippen molar-refractivity contribution in [1.82, 2.24) is 0 Å². The zero-order valence-corrected chi connectivity index (χ0v) is 9.75. The van der Waals surface area contributed by atoms with E-state index in [0.29, 0.717) is 5.56 Å². The Kier molecular flexibility index (Phi) is 4.14. The summed E-state index contributed by atoms with van der Waals surface area (Å²) in [6, 6.07) is 16.4. The van der Waals surface area contributed by atoms with E-state index in [-0.39, 0.29) is 23.1 Å². The predicted octanol–water partition coefficient (Wildman–Crippen LogP) is 2.55. The highest BCUT2D eigenvalue weighted by Crippen LogP contribution is 2.21. The zero-order chi connectivity index (χ0) is 10.7. The lowest BCUT2D eigenvalue weighted by Gasteiger charge is -2.01. The van der Waals surface area contributed by atoms with Crippen molar-refractivity contribution < 1.29 is 5.11 Å². The largest absolute Gasteiger partial charge is 0.508 e. The summed E-state index contributed by atoms with van der Waals surface area (Å²) < 4.78 is 0. The molecule has 0 spiro atoms. The van der Waals surface area contributed by atoms with Crippen molar-refractivity contribution in [2.24, 2.45) is 0 Å². The Labute approximate surface area is 105 Å². The highest BCUT2D eigenvalue weighted by molar-refractivity contribution is 5.75. The minimum Gasteiger partial charge on any atom is -0.508 e. The van der Waals surface area contributed by atoms with Crippen LogP contribution in [0.4, 0.5) is 0 Å². The van der Waals surface area contributed by atoms with Crippen molar-refractivity contribution in [2.75, 3.05) is 0 Å². The number of nitriles is 1. The van der Waals surface area contributed by atoms with Crippen molar-refractivity contribution in [1.29, 1.82) is 5.26 Å². The van der Waals surface area contributed by atoms with E-state index in [4.69, 9.17) is 10.4 Å². The fraction of sp³-hybridized carbons (Fsp3) is 0. The average molecular weight is 222 g/mol. The number of hydrogen-bond acceptors (Lipinski definition) is 2. The van der Waals surface area contributed by atoms with Crippen molar-refractivity contribution >= 4 is 17.4 Å². The quantitative estimate of drug-likeness (QED) is 0.753. The SMILES string of the molecule is N#Cc1ccc(-c2ccc(O)cc2)cc1.[Al]. The van der Waals surface area contributed by atoms with Crippen LogP contribution in [0.5, 0.6) is 5.75 Å². The number of hydrogen-bond donors (Lipinski definition) is 1. The van der Waals surface area contributed by atoms with Gasteiger partial charge in [-0.3, -0.25) is 0 Å². The molecule has 0 amide bonds. The Hall–Kier alpha value is -1.74. The van der Waals surface area contributed by atoms with Crippen LogP contribution in [0.2, 0.25) is 0 Å². The summed E-state index contributed by atoms with van der Waals surface area (Å²) in [5.74, 6) is 0.257. The molecular weight excluding hydrogens is 213 g/mol. The second kappa shape index (κ2) is 5.37. The van der Waals surface area contributed by atoms with Crippen molar-refractivity contribution in [2.45, 2.75) is 0 Å². The number of rotatable bonds is 1. The van der Waals surface area contributed by atoms with E-state index in [1.807, 2.05) is 24.3 Å². The first kappa shape index (κ1) is 12.3. The van der Waals surface area contributed by atoms with Crippen LogP contribution in [0.15, 0.2) is 48.5 Å². The van der Waals surface area contributed by atoms with Gasteiger partial charge in [0.15, 0.2) is 0 Å². The molecule has 2 aromatic carbocycles. The summed E-state index contributed by atoms with van der Waals surface area (Å²) in [6.07, 6.45) is 0. The topological polar surface area (TPSA) is 44.0 Å². The average Bonchev–Trinajstić information content (AvgIpc) is 2.30. The molecule has 0 fully saturated rings. The maximum absolute atomic E-state index is 9.14. The first-order valence-corrected chi connectivity index (χ1v) is 4.59. The third-order valence-corrected chi connectivity index (χ3v) is 2.21. The van der Waals surface area contributed by atoms with Gasteiger partial charge in [-0.25, -0.2) is 0 Å². The summed E-state index contributed by atoms with van der Waals surface area (Å²) >= 11 is 0. The Balaban J connectivity index is 0.00000128. The zero-order valence-electron chi connectivity index (χ0n) is 8.59. The molecule has 2 nitrogen and oxygen atoms in total. The smallest absolute Gasteiger partial charge is 0.115 e. The van der Waals surface area contributed by atoms with Gasteiger partial charge in [0.05, 0.1) is 11.6 Å². The van der Waals surface area contributed by atoms with Gasteiger partial charge in [0.1, 0.15) is 5.75 Å². The van der Waals surface area contributed by atoms with E-state index < -0.39 is 0 Å². The highest BCUT2D eigenvalue weighted by Gasteiger charge is 1.97. The van der Waals surface area contributed by atoms with E-state index >= 15 is 0 Å². The van der Waals surface area contributed by atoms with Crippen molar-refractivity contribution in [3.05, 3.63) is 54.1 Å². The molecule has 2 rings (SSSR count). The van der Waals surface area contributed by atoms with Gasteiger partial charge in [-0.05, 0) is 35.4 Å². The monoisotopic (exact) mass is 222 g/mol. The Morgan fingerprint density at radius 2 is 1.25 bits per heavy atom. The number of aromatic hydroxyl groups is 1. The molecular formula is C13H9AlNO. The van der Waals surface area contributed by atoms with Crippen LogP contribution in [-0.4, -0.2) is 22.5 Å². The summed E-state index contributed by atoms with van der Waals surface area (Å²) in [7, 11) is 0. The van der Waals surface area contributed by atoms with Gasteiger partial charge in [-0.15, -0.1) is 0 Å². The van der Waals surface area contributed by atoms with E-state index in [0.717, 1.165) is 11.1 Å². The maximum atomic E-state index is 9.14. The molecule has 0 unspecified atom stereocenters. The van der Waals surface area contributed by atoms with E-state index in [2.05, 4.69) is 6.07 Å². The summed E-state index contributed by atoms with van der Waals surface area (Å²) in [6.45, 7) is 0. The minimum atomic E-state index is 0. The van der Waals surface area contributed by atoms with Gasteiger partial charge < -0.3 is 5.11 Å². The lowest BCUT2D eigenvalue weighted by atomic mass is 10.0. The molecule has 0 heterocycles. The molecule has 0 aliphatic carbocycles. The number of phenols is 1. The minimum absolute atomic E-state index is 0. The maximum Gasteiger partial charge on any atom is 0.115 e. The summed E-state index contributed by atoms with van der Waals surface area (Å²) in [4.78, 5) is 0. The third kappa shape index (κ3) is 2.64. The van der Waals surface area contributed by atoms with Gasteiger partial charge in [0.25, 0.3) is 0 Å². The van der Waals surface area contributed by atoms with Crippen LogP contribution < -0.4 is 0 Å². The molecule has 0 aliphatic heterocycles. The number of benzene rings is 2. The first-order valence-electron chi connectivity index (χ1n) is 4.59. The van der Waals surface area contributed by atoms with Crippen LogP contribution >= 0.6 is 0 Å². The normalized spacial score (nSPS) is 8.94. The molecule has 0 saturated heterocycles. The molecule has 0 aliphatic rings. The Morgan fingerprint density at radius 1 is 0.812 bits per heavy atom. The van der Waals surface area contributed by atoms with Crippen LogP contribution in [0, 0.1) is 11.3 Å². The lowest BCUT2D eigenvalue weighted by molar-refractivity contribution is 0.475. The van der Waals surface area contributed by atoms with Crippen molar-refractivity contribution in [3.63, 3.8) is 0 Å². The van der Waals surface area contributed by atoms with Crippen LogP contribution in [0.3, 0.4) is 0 Å². The van der Waals surface area contributed by atoms with Crippen LogP contribution in [-0.2, 0) is 0 Å². The number of nitrogens with zero attached hydrogens (tertiary/aromatic N) is 1. The summed E-state index contributed by atoms with van der Waals surface area (Å²) in [5.41, 5.74) is 2.71. The lowest BCUT2D eigenvalue weighted by Crippen LogP contribution is -1.78. The molecule has 16 heavy (non-hydrogen) atoms. The van der Waals surface area contributed by atoms with Crippen LogP contribution in [0.25, 0.3) is 11.1 Å². The second-order valence-electron chi connectivity index (χ2n) is 3.24. The van der Waals surface area contributed by atoms with Crippen molar-refractivity contribution in [3.8, 4) is 22.9 Å². The fourth-order valence-electron chi connectivity index (χ4n) is 1.39. The standard InChI is InChI=1S/C13H9NO.Al/c14-9-10-1-3-11(4-2-10)12-5-7-13(15)8-6-12;/h1-8,15H;. The Morgan fingerprint density at radius 3 is 1.69 bits per heavy atom. The summed E-state index contributed by atoms with van der Waals surface area (Å²) in [5, 5.41) is 17.8. The fourth-order valence-corrected chi connectivity index (χ4v) is 1.39. The molecule has 3 radical (unpaired) electrons. The molecule has 1 N–H and O–H groups in total. The van der Waals surface area contributed by atoms with Gasteiger partial charge in [-0.1, -0.05) is 24.3 Å². The number of phenolic OH excluding ortho intramolecular Hbond substituents is 1. The molecule has 0 bridgehead atoms. The second-order valence-corrected chi connectivity index (χ2v) is 3.24. The molecule has 0 aromatic heterocycles. The van der Waals surface area contributed by atoms with Crippen LogP contribution in [0.1, 0.15) is 5.56 Å². The molecule has 0 saturated carbocycles. The first-order chi connectivity index (χ1) is 7.29. The Bertz CT molecular complexity index is 497. The predicted molar refractivity (Wildman–Crippen MR) is 64.0 cm³/mol.